The van der Waals surface area contributed by atoms with Crippen molar-refractivity contribution in [2.75, 3.05) is 13.2 Å². The Labute approximate surface area is 602 Å². The fraction of sp³-hybridized carbons (Fsp3) is 0.911. The highest BCUT2D eigenvalue weighted by molar-refractivity contribution is 5.76. The minimum Gasteiger partial charge on any atom is -0.466 e. The van der Waals surface area contributed by atoms with Gasteiger partial charge in [-0.25, -0.2) is 0 Å². The van der Waals surface area contributed by atoms with Gasteiger partial charge in [0.05, 0.1) is 25.4 Å². The quantitative estimate of drug-likeness (QED) is 0.0320. The molecule has 2 atom stereocenters. The van der Waals surface area contributed by atoms with Crippen LogP contribution < -0.4 is 5.32 Å². The van der Waals surface area contributed by atoms with E-state index in [1.54, 1.807) is 6.08 Å². The van der Waals surface area contributed by atoms with Crippen LogP contribution in [-0.2, 0) is 14.3 Å². The fourth-order valence-corrected chi connectivity index (χ4v) is 14.2. The molecule has 0 aliphatic heterocycles. The smallest absolute Gasteiger partial charge is 0.305 e. The lowest BCUT2D eigenvalue weighted by molar-refractivity contribution is -0.143. The van der Waals surface area contributed by atoms with Crippen LogP contribution in [0.25, 0.3) is 0 Å². The molecule has 0 fully saturated rings. The molecule has 0 aromatic carbocycles. The topological polar surface area (TPSA) is 95.9 Å². The van der Waals surface area contributed by atoms with Crippen LogP contribution in [0.2, 0.25) is 0 Å². The van der Waals surface area contributed by atoms with E-state index in [1.807, 2.05) is 6.08 Å². The van der Waals surface area contributed by atoms with Crippen molar-refractivity contribution < 1.29 is 24.5 Å². The van der Waals surface area contributed by atoms with Crippen LogP contribution in [-0.4, -0.2) is 47.4 Å². The predicted molar refractivity (Wildman–Crippen MR) is 426 cm³/mol. The number of nitrogens with one attached hydrogen (secondary N) is 1. The highest BCUT2D eigenvalue weighted by Crippen LogP contribution is 2.21. The summed E-state index contributed by atoms with van der Waals surface area (Å²) in [5.74, 6) is -0.0426. The van der Waals surface area contributed by atoms with E-state index >= 15 is 0 Å². The molecule has 568 valence electrons. The SMILES string of the molecule is CCCCCCCC/C=C\CCCCCCCC(=O)OCCCCCCCCCCCCCCCCCCCC/C=C\CCCCCCCCCCCCCCCCCCCC(=O)NC(CO)C(O)/C=C/CCCCCCCCCCCCCCCCCCCCCCCCC. The molecule has 0 bridgehead atoms. The summed E-state index contributed by atoms with van der Waals surface area (Å²) >= 11 is 0. The monoisotopic (exact) mass is 1350 g/mol. The van der Waals surface area contributed by atoms with Crippen molar-refractivity contribution in [2.45, 2.75) is 514 Å². The van der Waals surface area contributed by atoms with Crippen molar-refractivity contribution in [1.82, 2.24) is 5.32 Å². The predicted octanol–water partition coefficient (Wildman–Crippen LogP) is 29.7. The maximum atomic E-state index is 12.6. The Balaban J connectivity index is 3.35. The summed E-state index contributed by atoms with van der Waals surface area (Å²) in [7, 11) is 0. The molecule has 1 amide bonds. The van der Waals surface area contributed by atoms with Crippen molar-refractivity contribution in [3.63, 3.8) is 0 Å². The first kappa shape index (κ1) is 94.1. The Morgan fingerprint density at radius 2 is 0.490 bits per heavy atom. The molecule has 0 saturated heterocycles. The van der Waals surface area contributed by atoms with E-state index < -0.39 is 12.1 Å². The van der Waals surface area contributed by atoms with Gasteiger partial charge in [0.25, 0.3) is 0 Å². The van der Waals surface area contributed by atoms with Gasteiger partial charge in [0.2, 0.25) is 5.91 Å². The lowest BCUT2D eigenvalue weighted by atomic mass is 10.0. The van der Waals surface area contributed by atoms with Gasteiger partial charge in [0.15, 0.2) is 0 Å². The number of aliphatic hydroxyl groups is 2. The van der Waals surface area contributed by atoms with Crippen molar-refractivity contribution in [1.29, 1.82) is 0 Å². The molecule has 96 heavy (non-hydrogen) atoms. The summed E-state index contributed by atoms with van der Waals surface area (Å²) in [5, 5.41) is 23.3. The van der Waals surface area contributed by atoms with Crippen LogP contribution in [0.4, 0.5) is 0 Å². The molecule has 0 spiro atoms. The zero-order valence-corrected chi connectivity index (χ0v) is 65.4. The summed E-state index contributed by atoms with van der Waals surface area (Å²) in [6.07, 6.45) is 113. The molecular formula is C90H173NO5. The van der Waals surface area contributed by atoms with E-state index in [0.717, 1.165) is 44.9 Å². The number of hydrogen-bond acceptors (Lipinski definition) is 5. The van der Waals surface area contributed by atoms with E-state index in [4.69, 9.17) is 4.74 Å². The van der Waals surface area contributed by atoms with E-state index in [9.17, 15) is 19.8 Å². The number of allylic oxidation sites excluding steroid dienone is 5. The molecule has 0 radical (unpaired) electrons. The van der Waals surface area contributed by atoms with Crippen molar-refractivity contribution >= 4 is 11.9 Å². The number of carbonyl (C=O) groups excluding carboxylic acids is 2. The average Bonchev–Trinajstić information content (AvgIpc) is 2.50. The van der Waals surface area contributed by atoms with Gasteiger partial charge >= 0.3 is 5.97 Å². The average molecular weight is 1350 g/mol. The second-order valence-electron chi connectivity index (χ2n) is 30.6. The van der Waals surface area contributed by atoms with Gasteiger partial charge in [-0.2, -0.15) is 0 Å². The summed E-state index contributed by atoms with van der Waals surface area (Å²) in [6, 6.07) is -0.626. The van der Waals surface area contributed by atoms with Crippen LogP contribution in [0.5, 0.6) is 0 Å². The first-order chi connectivity index (χ1) is 47.5. The standard InChI is InChI=1S/C90H173NO5/c1-3-5-7-9-11-13-15-17-19-20-21-22-23-39-42-45-48-51-55-58-62-66-70-74-78-82-88(93)87(86-92)91-89(94)83-79-75-71-67-63-59-56-52-49-46-43-40-37-35-33-31-29-27-25-24-26-28-30-32-34-36-38-41-44-47-50-53-57-61-65-69-73-77-81-85-96-90(95)84-80-76-72-68-64-60-54-18-16-14-12-10-8-6-4-2/h18,24-25,54,78,82,87-88,92-93H,3-17,19-23,26-53,55-77,79-81,83-86H2,1-2H3,(H,91,94)/b25-24-,54-18-,82-78+. The van der Waals surface area contributed by atoms with Gasteiger partial charge in [-0.15, -0.1) is 0 Å². The Bertz CT molecular complexity index is 1560. The fourth-order valence-electron chi connectivity index (χ4n) is 14.2. The highest BCUT2D eigenvalue weighted by Gasteiger charge is 2.18. The summed E-state index contributed by atoms with van der Waals surface area (Å²) in [5.41, 5.74) is 0. The lowest BCUT2D eigenvalue weighted by Gasteiger charge is -2.20. The molecule has 2 unspecified atom stereocenters. The van der Waals surface area contributed by atoms with E-state index in [1.165, 1.54) is 430 Å². The lowest BCUT2D eigenvalue weighted by Crippen LogP contribution is -2.45. The van der Waals surface area contributed by atoms with Gasteiger partial charge in [0.1, 0.15) is 0 Å². The van der Waals surface area contributed by atoms with E-state index in [0.29, 0.717) is 19.4 Å². The second kappa shape index (κ2) is 85.5. The minimum absolute atomic E-state index is 0.0153. The molecule has 0 aliphatic rings. The molecule has 0 aromatic heterocycles. The Hall–Kier alpha value is -1.92. The third kappa shape index (κ3) is 81.0. The largest absolute Gasteiger partial charge is 0.466 e. The van der Waals surface area contributed by atoms with Gasteiger partial charge in [0, 0.05) is 12.8 Å². The van der Waals surface area contributed by atoms with Crippen LogP contribution in [0.15, 0.2) is 36.5 Å². The maximum absolute atomic E-state index is 12.6. The first-order valence-electron chi connectivity index (χ1n) is 44.3. The normalized spacial score (nSPS) is 12.6. The van der Waals surface area contributed by atoms with Crippen molar-refractivity contribution in [2.24, 2.45) is 0 Å². The second-order valence-corrected chi connectivity index (χ2v) is 30.6. The molecular weight excluding hydrogens is 1170 g/mol. The van der Waals surface area contributed by atoms with E-state index in [-0.39, 0.29) is 18.5 Å². The number of rotatable bonds is 84. The number of amides is 1. The summed E-state index contributed by atoms with van der Waals surface area (Å²) < 4.78 is 5.50. The molecule has 0 rings (SSSR count). The van der Waals surface area contributed by atoms with Crippen LogP contribution >= 0.6 is 0 Å². The zero-order chi connectivity index (χ0) is 69.1. The summed E-state index contributed by atoms with van der Waals surface area (Å²) in [4.78, 5) is 24.7. The molecule has 6 heteroatoms. The molecule has 0 aliphatic carbocycles. The number of aliphatic hydroxyl groups excluding tert-OH is 2. The number of ether oxygens (including phenoxy) is 1. The Morgan fingerprint density at radius 1 is 0.281 bits per heavy atom. The molecule has 6 nitrogen and oxygen atoms in total. The Kier molecular flexibility index (Phi) is 83.8. The van der Waals surface area contributed by atoms with Crippen molar-refractivity contribution in [3.05, 3.63) is 36.5 Å². The van der Waals surface area contributed by atoms with Crippen LogP contribution in [0, 0.1) is 0 Å². The zero-order valence-electron chi connectivity index (χ0n) is 65.4. The molecule has 0 aromatic rings. The Morgan fingerprint density at radius 3 is 0.740 bits per heavy atom. The first-order valence-corrected chi connectivity index (χ1v) is 44.3. The maximum Gasteiger partial charge on any atom is 0.305 e. The van der Waals surface area contributed by atoms with Crippen molar-refractivity contribution in [3.8, 4) is 0 Å². The molecule has 0 saturated carbocycles. The third-order valence-electron chi connectivity index (χ3n) is 20.9. The van der Waals surface area contributed by atoms with Gasteiger partial charge in [-0.3, -0.25) is 9.59 Å². The van der Waals surface area contributed by atoms with Crippen LogP contribution in [0.3, 0.4) is 0 Å². The molecule has 3 N–H and O–H groups in total. The third-order valence-corrected chi connectivity index (χ3v) is 20.9. The number of carbonyl (C=O) groups is 2. The van der Waals surface area contributed by atoms with Crippen LogP contribution in [0.1, 0.15) is 502 Å². The number of esters is 1. The summed E-state index contributed by atoms with van der Waals surface area (Å²) in [6.45, 7) is 4.95. The molecule has 0 heterocycles. The van der Waals surface area contributed by atoms with Gasteiger partial charge in [-0.1, -0.05) is 442 Å². The van der Waals surface area contributed by atoms with E-state index in [2.05, 4.69) is 43.5 Å². The highest BCUT2D eigenvalue weighted by atomic mass is 16.5. The number of hydrogen-bond donors (Lipinski definition) is 3. The minimum atomic E-state index is -0.843. The number of unbranched alkanes of at least 4 members (excludes halogenated alkanes) is 69. The van der Waals surface area contributed by atoms with Gasteiger partial charge in [-0.05, 0) is 83.5 Å². The van der Waals surface area contributed by atoms with Gasteiger partial charge < -0.3 is 20.3 Å².